The summed E-state index contributed by atoms with van der Waals surface area (Å²) in [5, 5.41) is 5.70. The van der Waals surface area contributed by atoms with Gasteiger partial charge in [-0.3, -0.25) is 9.89 Å². The van der Waals surface area contributed by atoms with Crippen molar-refractivity contribution in [2.24, 2.45) is 4.99 Å². The van der Waals surface area contributed by atoms with Crippen LogP contribution in [-0.2, 0) is 6.42 Å². The summed E-state index contributed by atoms with van der Waals surface area (Å²) in [6.07, 6.45) is 3.58. The minimum atomic E-state index is 0. The van der Waals surface area contributed by atoms with Crippen molar-refractivity contribution < 1.29 is 4.42 Å². The molecule has 0 radical (unpaired) electrons. The lowest BCUT2D eigenvalue weighted by molar-refractivity contribution is 0.212. The van der Waals surface area contributed by atoms with E-state index in [0.29, 0.717) is 0 Å². The summed E-state index contributed by atoms with van der Waals surface area (Å²) >= 11 is 1.81. The average Bonchev–Trinajstić information content (AvgIpc) is 3.39. The molecule has 7 heteroatoms. The van der Waals surface area contributed by atoms with Crippen LogP contribution in [0, 0.1) is 6.92 Å². The van der Waals surface area contributed by atoms with Crippen LogP contribution in [-0.4, -0.2) is 56.0 Å². The third-order valence-electron chi connectivity index (χ3n) is 4.97. The average molecular weight is 502 g/mol. The van der Waals surface area contributed by atoms with Crippen molar-refractivity contribution >= 4 is 41.3 Å². The number of guanidine groups is 1. The van der Waals surface area contributed by atoms with Crippen molar-refractivity contribution in [2.75, 3.05) is 40.3 Å². The highest BCUT2D eigenvalue weighted by Gasteiger charge is 2.26. The van der Waals surface area contributed by atoms with Gasteiger partial charge in [0, 0.05) is 32.1 Å². The number of nitrogens with one attached hydrogen (secondary N) is 1. The summed E-state index contributed by atoms with van der Waals surface area (Å²) in [5.41, 5.74) is 0. The molecule has 0 spiro atoms. The van der Waals surface area contributed by atoms with Gasteiger partial charge in [0.2, 0.25) is 0 Å². The van der Waals surface area contributed by atoms with Gasteiger partial charge in [-0.1, -0.05) is 6.07 Å². The molecule has 0 amide bonds. The summed E-state index contributed by atoms with van der Waals surface area (Å²) in [4.78, 5) is 10.6. The topological polar surface area (TPSA) is 44.0 Å². The van der Waals surface area contributed by atoms with Gasteiger partial charge in [-0.25, -0.2) is 0 Å². The van der Waals surface area contributed by atoms with Crippen molar-refractivity contribution in [3.8, 4) is 0 Å². The molecule has 3 rings (SSSR count). The number of likely N-dealkylation sites (N-methyl/N-ethyl adjacent to an activating group) is 1. The molecule has 1 unspecified atom stereocenters. The maximum atomic E-state index is 5.95. The van der Waals surface area contributed by atoms with Crippen LogP contribution in [0.3, 0.4) is 0 Å². The van der Waals surface area contributed by atoms with Gasteiger partial charge in [0.25, 0.3) is 0 Å². The van der Waals surface area contributed by atoms with Crippen LogP contribution in [0.4, 0.5) is 0 Å². The molecule has 0 aromatic carbocycles. The molecule has 1 N–H and O–H groups in total. The van der Waals surface area contributed by atoms with Gasteiger partial charge in [-0.2, -0.15) is 0 Å². The van der Waals surface area contributed by atoms with E-state index < -0.39 is 0 Å². The maximum absolute atomic E-state index is 5.95. The minimum absolute atomic E-state index is 0. The Bertz CT molecular complexity index is 695. The molecule has 2 aromatic rings. The highest BCUT2D eigenvalue weighted by molar-refractivity contribution is 14.0. The number of thiophene rings is 1. The molecule has 5 nitrogen and oxygen atoms in total. The third-order valence-corrected chi connectivity index (χ3v) is 5.91. The first-order valence-electron chi connectivity index (χ1n) is 9.42. The van der Waals surface area contributed by atoms with Gasteiger partial charge in [-0.15, -0.1) is 35.3 Å². The molecular formula is C20H31IN4OS. The Morgan fingerprint density at radius 2 is 2.11 bits per heavy atom. The Balaban J connectivity index is 0.00000261. The van der Waals surface area contributed by atoms with Crippen molar-refractivity contribution in [3.05, 3.63) is 46.0 Å². The molecule has 27 heavy (non-hydrogen) atoms. The van der Waals surface area contributed by atoms with Crippen LogP contribution in [0.15, 0.2) is 39.1 Å². The van der Waals surface area contributed by atoms with Crippen molar-refractivity contribution in [1.29, 1.82) is 0 Å². The smallest absolute Gasteiger partial charge is 0.193 e. The van der Waals surface area contributed by atoms with Crippen LogP contribution < -0.4 is 5.32 Å². The summed E-state index contributed by atoms with van der Waals surface area (Å²) in [6, 6.07) is 8.73. The molecule has 0 saturated carbocycles. The number of hydrogen-bond acceptors (Lipinski definition) is 4. The monoisotopic (exact) mass is 502 g/mol. The maximum Gasteiger partial charge on any atom is 0.193 e. The van der Waals surface area contributed by atoms with Gasteiger partial charge >= 0.3 is 0 Å². The Labute approximate surface area is 183 Å². The molecule has 1 aliphatic rings. The van der Waals surface area contributed by atoms with Gasteiger partial charge in [0.1, 0.15) is 11.5 Å². The predicted molar refractivity (Wildman–Crippen MR) is 124 cm³/mol. The number of hydrogen-bond donors (Lipinski definition) is 1. The van der Waals surface area contributed by atoms with E-state index in [2.05, 4.69) is 56.8 Å². The number of nitrogens with zero attached hydrogens (tertiary/aromatic N) is 3. The van der Waals surface area contributed by atoms with Crippen LogP contribution in [0.5, 0.6) is 0 Å². The Hall–Kier alpha value is -1.06. The first kappa shape index (κ1) is 22.2. The molecule has 1 atom stereocenters. The van der Waals surface area contributed by atoms with Crippen LogP contribution in [0.2, 0.25) is 0 Å². The van der Waals surface area contributed by atoms with Gasteiger partial charge in [0.15, 0.2) is 5.96 Å². The summed E-state index contributed by atoms with van der Waals surface area (Å²) in [5.74, 6) is 2.96. The lowest BCUT2D eigenvalue weighted by atomic mass is 10.2. The van der Waals surface area contributed by atoms with Gasteiger partial charge in [0.05, 0.1) is 6.04 Å². The second kappa shape index (κ2) is 11.1. The minimum Gasteiger partial charge on any atom is -0.465 e. The van der Waals surface area contributed by atoms with Gasteiger partial charge < -0.3 is 14.6 Å². The molecule has 2 aromatic heterocycles. The van der Waals surface area contributed by atoms with E-state index in [1.54, 1.807) is 0 Å². The zero-order chi connectivity index (χ0) is 18.4. The summed E-state index contributed by atoms with van der Waals surface area (Å²) < 4.78 is 5.95. The summed E-state index contributed by atoms with van der Waals surface area (Å²) in [7, 11) is 3.96. The van der Waals surface area contributed by atoms with Crippen LogP contribution >= 0.6 is 35.3 Å². The van der Waals surface area contributed by atoms with Crippen molar-refractivity contribution in [1.82, 2.24) is 15.1 Å². The van der Waals surface area contributed by atoms with Crippen molar-refractivity contribution in [2.45, 2.75) is 32.2 Å². The number of rotatable bonds is 7. The van der Waals surface area contributed by atoms with Gasteiger partial charge in [-0.05, 0) is 62.9 Å². The second-order valence-corrected chi connectivity index (χ2v) is 7.92. The van der Waals surface area contributed by atoms with Crippen LogP contribution in [0.25, 0.3) is 0 Å². The lowest BCUT2D eigenvalue weighted by Gasteiger charge is -2.28. The van der Waals surface area contributed by atoms with E-state index in [9.17, 15) is 0 Å². The molecule has 1 saturated heterocycles. The van der Waals surface area contributed by atoms with Crippen molar-refractivity contribution in [3.63, 3.8) is 0 Å². The molecule has 1 aliphatic heterocycles. The first-order valence-corrected chi connectivity index (χ1v) is 10.3. The second-order valence-electron chi connectivity index (χ2n) is 6.89. The lowest BCUT2D eigenvalue weighted by Crippen LogP contribution is -2.44. The Morgan fingerprint density at radius 1 is 1.33 bits per heavy atom. The molecule has 0 aliphatic carbocycles. The highest BCUT2D eigenvalue weighted by atomic mass is 127. The largest absolute Gasteiger partial charge is 0.465 e. The fraction of sp³-hybridized carbons (Fsp3) is 0.550. The fourth-order valence-electron chi connectivity index (χ4n) is 3.51. The van der Waals surface area contributed by atoms with E-state index in [4.69, 9.17) is 4.42 Å². The molecule has 0 bridgehead atoms. The first-order chi connectivity index (χ1) is 12.7. The summed E-state index contributed by atoms with van der Waals surface area (Å²) in [6.45, 7) is 6.05. The fourth-order valence-corrected chi connectivity index (χ4v) is 4.20. The third kappa shape index (κ3) is 6.22. The number of aryl methyl sites for hydroxylation is 1. The molecule has 1 fully saturated rings. The number of likely N-dealkylation sites (tertiary alicyclic amines) is 1. The zero-order valence-electron chi connectivity index (χ0n) is 16.5. The van der Waals surface area contributed by atoms with E-state index in [1.807, 2.05) is 25.3 Å². The normalized spacial score (nSPS) is 16.2. The Morgan fingerprint density at radius 3 is 2.70 bits per heavy atom. The van der Waals surface area contributed by atoms with Crippen LogP contribution in [0.1, 0.15) is 35.3 Å². The predicted octanol–water partition coefficient (Wildman–Crippen LogP) is 4.15. The zero-order valence-corrected chi connectivity index (χ0v) is 19.6. The van der Waals surface area contributed by atoms with E-state index in [1.165, 1.54) is 17.7 Å². The van der Waals surface area contributed by atoms with E-state index >= 15 is 0 Å². The highest BCUT2D eigenvalue weighted by Crippen LogP contribution is 2.26. The number of aliphatic imine (C=N–C) groups is 1. The molecule has 3 heterocycles. The number of furan rings is 1. The SMILES string of the molecule is CN=C(NCC(c1ccc(C)o1)N1CCCC1)N(C)CCc1cccs1.I. The number of halogens is 1. The standard InChI is InChI=1S/C20H30N4OS.HI/c1-16-8-9-19(25-16)18(24-11-4-5-12-24)15-22-20(21-2)23(3)13-10-17-7-6-14-26-17;/h6-9,14,18H,4-5,10-13,15H2,1-3H3,(H,21,22);1H. The quantitative estimate of drug-likeness (QED) is 0.351. The Kier molecular flexibility index (Phi) is 9.11. The molecular weight excluding hydrogens is 471 g/mol. The molecule has 150 valence electrons. The van der Waals surface area contributed by atoms with E-state index in [0.717, 1.165) is 50.1 Å². The van der Waals surface area contributed by atoms with E-state index in [-0.39, 0.29) is 30.0 Å².